The maximum atomic E-state index is 14.5. The molecule has 0 bridgehead atoms. The van der Waals surface area contributed by atoms with Crippen molar-refractivity contribution in [3.05, 3.63) is 74.0 Å². The van der Waals surface area contributed by atoms with Crippen molar-refractivity contribution >= 4 is 17.4 Å². The highest BCUT2D eigenvalue weighted by atomic mass is 32.1. The standard InChI is InChI=1S/C21H19FN2O5S/c1-24-14(11-28-21(24)27)8-12-2-5-15(6-3-12)29-17-7-4-13(9-16(17)22)10-18-19(25)23-20(26)30-18/h2-7,9,14,25H,8,10-11H2,1H3,(H,23,26). The molecule has 1 atom stereocenters. The van der Waals surface area contributed by atoms with Gasteiger partial charge in [0.25, 0.3) is 0 Å². The predicted molar refractivity (Wildman–Crippen MR) is 109 cm³/mol. The number of likely N-dealkylation sites (N-methyl/N-ethyl adjacent to an activating group) is 1. The monoisotopic (exact) mass is 430 g/mol. The zero-order valence-corrected chi connectivity index (χ0v) is 16.9. The number of aromatic amines is 1. The molecule has 156 valence electrons. The first kappa shape index (κ1) is 20.0. The second kappa shape index (κ2) is 8.19. The van der Waals surface area contributed by atoms with Crippen LogP contribution in [0.2, 0.25) is 0 Å². The molecule has 1 aliphatic heterocycles. The maximum absolute atomic E-state index is 14.5. The number of nitrogens with one attached hydrogen (secondary N) is 1. The lowest BCUT2D eigenvalue weighted by Gasteiger charge is -2.16. The first-order valence-corrected chi connectivity index (χ1v) is 10.1. The summed E-state index contributed by atoms with van der Waals surface area (Å²) in [6.45, 7) is 0.364. The van der Waals surface area contributed by atoms with Gasteiger partial charge in [0, 0.05) is 13.5 Å². The van der Waals surface area contributed by atoms with Gasteiger partial charge in [-0.3, -0.25) is 9.78 Å². The number of benzene rings is 2. The highest BCUT2D eigenvalue weighted by Gasteiger charge is 2.29. The van der Waals surface area contributed by atoms with Crippen molar-refractivity contribution in [1.29, 1.82) is 0 Å². The number of carbonyl (C=O) groups is 1. The van der Waals surface area contributed by atoms with E-state index in [2.05, 4.69) is 4.98 Å². The quantitative estimate of drug-likeness (QED) is 0.623. The Morgan fingerprint density at radius 3 is 2.57 bits per heavy atom. The van der Waals surface area contributed by atoms with Gasteiger partial charge in [-0.25, -0.2) is 9.18 Å². The molecule has 4 rings (SSSR count). The van der Waals surface area contributed by atoms with Crippen molar-refractivity contribution in [2.75, 3.05) is 13.7 Å². The number of carbonyl (C=O) groups excluding carboxylic acids is 1. The van der Waals surface area contributed by atoms with Gasteiger partial charge in [0.2, 0.25) is 5.88 Å². The highest BCUT2D eigenvalue weighted by Crippen LogP contribution is 2.28. The Labute approximate surface area is 175 Å². The van der Waals surface area contributed by atoms with E-state index in [0.29, 0.717) is 29.2 Å². The van der Waals surface area contributed by atoms with Gasteiger partial charge in [-0.1, -0.05) is 29.5 Å². The summed E-state index contributed by atoms with van der Waals surface area (Å²) < 4.78 is 25.1. The minimum absolute atomic E-state index is 0.00710. The van der Waals surface area contributed by atoms with Crippen LogP contribution in [0.15, 0.2) is 47.3 Å². The minimum atomic E-state index is -0.540. The normalized spacial score (nSPS) is 16.0. The van der Waals surface area contributed by atoms with E-state index in [1.807, 2.05) is 12.1 Å². The number of rotatable bonds is 6. The summed E-state index contributed by atoms with van der Waals surface area (Å²) in [4.78, 5) is 26.7. The molecular formula is C21H19FN2O5S. The topological polar surface area (TPSA) is 91.9 Å². The number of H-pyrrole nitrogens is 1. The lowest BCUT2D eigenvalue weighted by atomic mass is 10.1. The number of aromatic nitrogens is 1. The van der Waals surface area contributed by atoms with Crippen molar-refractivity contribution in [3.63, 3.8) is 0 Å². The van der Waals surface area contributed by atoms with Crippen molar-refractivity contribution in [1.82, 2.24) is 9.88 Å². The molecule has 1 aromatic heterocycles. The van der Waals surface area contributed by atoms with Crippen molar-refractivity contribution in [2.24, 2.45) is 0 Å². The number of cyclic esters (lactones) is 1. The SMILES string of the molecule is CN1C(=O)OCC1Cc1ccc(Oc2ccc(Cc3sc(=O)[nH]c3O)cc2F)cc1. The minimum Gasteiger partial charge on any atom is -0.494 e. The summed E-state index contributed by atoms with van der Waals surface area (Å²) in [6.07, 6.45) is 0.576. The Morgan fingerprint density at radius 1 is 1.23 bits per heavy atom. The first-order valence-electron chi connectivity index (χ1n) is 9.25. The van der Waals surface area contributed by atoms with Crippen LogP contribution in [0.3, 0.4) is 0 Å². The number of hydrogen-bond acceptors (Lipinski definition) is 6. The van der Waals surface area contributed by atoms with Crippen molar-refractivity contribution in [2.45, 2.75) is 18.9 Å². The van der Waals surface area contributed by atoms with E-state index in [1.54, 1.807) is 30.1 Å². The molecule has 9 heteroatoms. The van der Waals surface area contributed by atoms with E-state index in [9.17, 15) is 19.1 Å². The third kappa shape index (κ3) is 4.30. The molecule has 2 N–H and O–H groups in total. The fraction of sp³-hybridized carbons (Fsp3) is 0.238. The second-order valence-electron chi connectivity index (χ2n) is 7.02. The Bertz CT molecular complexity index is 1130. The van der Waals surface area contributed by atoms with Crippen LogP contribution < -0.4 is 9.61 Å². The van der Waals surface area contributed by atoms with E-state index in [1.165, 1.54) is 12.1 Å². The molecule has 0 spiro atoms. The van der Waals surface area contributed by atoms with Crippen LogP contribution in [0.4, 0.5) is 9.18 Å². The maximum Gasteiger partial charge on any atom is 0.409 e. The molecule has 30 heavy (non-hydrogen) atoms. The predicted octanol–water partition coefficient (Wildman–Crippen LogP) is 3.66. The van der Waals surface area contributed by atoms with E-state index < -0.39 is 5.82 Å². The molecule has 3 aromatic rings. The van der Waals surface area contributed by atoms with Crippen LogP contribution in [0, 0.1) is 5.82 Å². The van der Waals surface area contributed by atoms with Crippen molar-refractivity contribution < 1.29 is 23.8 Å². The highest BCUT2D eigenvalue weighted by molar-refractivity contribution is 7.09. The number of ether oxygens (including phenoxy) is 2. The summed E-state index contributed by atoms with van der Waals surface area (Å²) >= 11 is 0.890. The number of aromatic hydroxyl groups is 1. The Balaban J connectivity index is 1.41. The van der Waals surface area contributed by atoms with Gasteiger partial charge in [0.15, 0.2) is 11.6 Å². The summed E-state index contributed by atoms with van der Waals surface area (Å²) in [6, 6.07) is 11.7. The molecular weight excluding hydrogens is 411 g/mol. The van der Waals surface area contributed by atoms with Gasteiger partial charge in [-0.2, -0.15) is 0 Å². The van der Waals surface area contributed by atoms with Crippen LogP contribution in [0.1, 0.15) is 16.0 Å². The number of halogens is 1. The lowest BCUT2D eigenvalue weighted by molar-refractivity contribution is 0.163. The first-order chi connectivity index (χ1) is 14.4. The van der Waals surface area contributed by atoms with Gasteiger partial charge in [0.05, 0.1) is 10.9 Å². The fourth-order valence-electron chi connectivity index (χ4n) is 3.21. The fourth-order valence-corrected chi connectivity index (χ4v) is 3.97. The molecule has 7 nitrogen and oxygen atoms in total. The second-order valence-corrected chi connectivity index (χ2v) is 8.09. The molecule has 1 saturated heterocycles. The summed E-state index contributed by atoms with van der Waals surface area (Å²) in [7, 11) is 1.71. The molecule has 2 heterocycles. The van der Waals surface area contributed by atoms with Gasteiger partial charge in [-0.15, -0.1) is 0 Å². The summed E-state index contributed by atoms with van der Waals surface area (Å²) in [5, 5.41) is 9.66. The van der Waals surface area contributed by atoms with Gasteiger partial charge in [0.1, 0.15) is 12.4 Å². The molecule has 1 amide bonds. The van der Waals surface area contributed by atoms with Crippen LogP contribution in [-0.2, 0) is 17.6 Å². The van der Waals surface area contributed by atoms with Gasteiger partial charge >= 0.3 is 11.0 Å². The average molecular weight is 430 g/mol. The third-order valence-corrected chi connectivity index (χ3v) is 5.79. The van der Waals surface area contributed by atoms with E-state index in [4.69, 9.17) is 9.47 Å². The van der Waals surface area contributed by atoms with Crippen LogP contribution in [-0.4, -0.2) is 40.8 Å². The largest absolute Gasteiger partial charge is 0.494 e. The lowest BCUT2D eigenvalue weighted by Crippen LogP contribution is -2.30. The number of hydrogen-bond donors (Lipinski definition) is 2. The third-order valence-electron chi connectivity index (χ3n) is 4.92. The van der Waals surface area contributed by atoms with Gasteiger partial charge < -0.3 is 19.5 Å². The zero-order chi connectivity index (χ0) is 21.3. The average Bonchev–Trinajstić information content (AvgIpc) is 3.20. The van der Waals surface area contributed by atoms with Crippen LogP contribution in [0.5, 0.6) is 17.4 Å². The molecule has 1 unspecified atom stereocenters. The molecule has 1 fully saturated rings. The Kier molecular flexibility index (Phi) is 5.45. The molecule has 0 saturated carbocycles. The number of amides is 1. The molecule has 1 aliphatic rings. The van der Waals surface area contributed by atoms with Crippen LogP contribution in [0.25, 0.3) is 0 Å². The van der Waals surface area contributed by atoms with E-state index in [-0.39, 0.29) is 35.1 Å². The van der Waals surface area contributed by atoms with Crippen LogP contribution >= 0.6 is 11.3 Å². The van der Waals surface area contributed by atoms with Gasteiger partial charge in [-0.05, 0) is 41.8 Å². The smallest absolute Gasteiger partial charge is 0.409 e. The zero-order valence-electron chi connectivity index (χ0n) is 16.1. The Morgan fingerprint density at radius 2 is 1.97 bits per heavy atom. The summed E-state index contributed by atoms with van der Waals surface area (Å²) in [5.74, 6) is -0.167. The molecule has 0 radical (unpaired) electrons. The van der Waals surface area contributed by atoms with E-state index >= 15 is 0 Å². The Hall–Kier alpha value is -3.33. The number of nitrogens with zero attached hydrogens (tertiary/aromatic N) is 1. The molecule has 0 aliphatic carbocycles. The number of thiazole rings is 1. The van der Waals surface area contributed by atoms with E-state index in [0.717, 1.165) is 16.9 Å². The van der Waals surface area contributed by atoms with Crippen molar-refractivity contribution in [3.8, 4) is 17.4 Å². The summed E-state index contributed by atoms with van der Waals surface area (Å²) in [5.41, 5.74) is 1.62. The molecule has 2 aromatic carbocycles.